The number of methoxy groups -OCH3 is 2. The number of fused-ring (bicyclic) bond motifs is 1. The molecule has 3 rings (SSSR count). The van der Waals surface area contributed by atoms with Crippen LogP contribution in [0.4, 0.5) is 0 Å². The molecule has 1 heterocycles. The minimum Gasteiger partial charge on any atom is -0.496 e. The molecule has 0 aliphatic rings. The Kier molecular flexibility index (Phi) is 6.53. The molecule has 0 spiro atoms. The van der Waals surface area contributed by atoms with Crippen LogP contribution in [0, 0.1) is 0 Å². The van der Waals surface area contributed by atoms with Gasteiger partial charge in [-0.2, -0.15) is 0 Å². The van der Waals surface area contributed by atoms with Crippen molar-refractivity contribution in [2.45, 2.75) is 0 Å². The normalized spacial score (nSPS) is 10.3. The fourth-order valence-electron chi connectivity index (χ4n) is 2.57. The fourth-order valence-corrected chi connectivity index (χ4v) is 3.84. The Morgan fingerprint density at radius 3 is 2.34 bits per heavy atom. The van der Waals surface area contributed by atoms with Crippen molar-refractivity contribution in [3.63, 3.8) is 0 Å². The second-order valence-electron chi connectivity index (χ2n) is 5.69. The van der Waals surface area contributed by atoms with E-state index >= 15 is 0 Å². The average molecular weight is 450 g/mol. The van der Waals surface area contributed by atoms with E-state index in [-0.39, 0.29) is 10.7 Å². The summed E-state index contributed by atoms with van der Waals surface area (Å²) in [7, 11) is 2.89. The van der Waals surface area contributed by atoms with Gasteiger partial charge in [0.15, 0.2) is 5.11 Å². The smallest absolute Gasteiger partial charge is 0.279 e. The summed E-state index contributed by atoms with van der Waals surface area (Å²) >= 11 is 12.4. The third-order valence-electron chi connectivity index (χ3n) is 3.87. The van der Waals surface area contributed by atoms with Crippen LogP contribution < -0.4 is 25.6 Å². The number of carbonyl (C=O) groups excluding carboxylic acids is 2. The highest BCUT2D eigenvalue weighted by Crippen LogP contribution is 2.29. The maximum absolute atomic E-state index is 12.6. The molecule has 0 fully saturated rings. The number of hydrogen-bond acceptors (Lipinski definition) is 6. The van der Waals surface area contributed by atoms with E-state index in [1.807, 2.05) is 6.07 Å². The van der Waals surface area contributed by atoms with E-state index in [2.05, 4.69) is 16.2 Å². The fraction of sp³-hybridized carbons (Fsp3) is 0.105. The van der Waals surface area contributed by atoms with Gasteiger partial charge in [0.25, 0.3) is 11.8 Å². The summed E-state index contributed by atoms with van der Waals surface area (Å²) in [6.07, 6.45) is 0. The maximum Gasteiger partial charge on any atom is 0.279 e. The minimum absolute atomic E-state index is 0.0829. The number of halogens is 1. The molecule has 0 saturated carbocycles. The van der Waals surface area contributed by atoms with Crippen molar-refractivity contribution in [3.05, 3.63) is 57.9 Å². The predicted octanol–water partition coefficient (Wildman–Crippen LogP) is 3.52. The SMILES string of the molecule is COc1cccc(OC)c1C(=O)NC(=S)NNC(=O)c1cc2cc(Cl)ccc2s1. The number of hydrazine groups is 1. The molecule has 10 heteroatoms. The Morgan fingerprint density at radius 1 is 1.00 bits per heavy atom. The lowest BCUT2D eigenvalue weighted by Crippen LogP contribution is -2.48. The third kappa shape index (κ3) is 4.76. The van der Waals surface area contributed by atoms with E-state index in [1.54, 1.807) is 36.4 Å². The summed E-state index contributed by atoms with van der Waals surface area (Å²) in [5.41, 5.74) is 5.16. The van der Waals surface area contributed by atoms with Crippen LogP contribution in [0.2, 0.25) is 5.02 Å². The highest BCUT2D eigenvalue weighted by atomic mass is 35.5. The molecular weight excluding hydrogens is 434 g/mol. The molecule has 0 bridgehead atoms. The first-order valence-corrected chi connectivity index (χ1v) is 9.85. The van der Waals surface area contributed by atoms with Gasteiger partial charge in [0.1, 0.15) is 17.1 Å². The van der Waals surface area contributed by atoms with Crippen molar-refractivity contribution < 1.29 is 19.1 Å². The number of ether oxygens (including phenoxy) is 2. The zero-order valence-electron chi connectivity index (χ0n) is 15.4. The molecule has 3 N–H and O–H groups in total. The number of amides is 2. The molecular formula is C19H16ClN3O4S2. The van der Waals surface area contributed by atoms with Crippen molar-refractivity contribution in [1.82, 2.24) is 16.2 Å². The maximum atomic E-state index is 12.6. The van der Waals surface area contributed by atoms with Crippen LogP contribution in [-0.2, 0) is 0 Å². The average Bonchev–Trinajstić information content (AvgIpc) is 3.14. The first-order chi connectivity index (χ1) is 13.9. The van der Waals surface area contributed by atoms with Gasteiger partial charge < -0.3 is 9.47 Å². The van der Waals surface area contributed by atoms with Gasteiger partial charge in [-0.3, -0.25) is 25.8 Å². The molecule has 3 aromatic rings. The van der Waals surface area contributed by atoms with E-state index in [0.29, 0.717) is 21.4 Å². The van der Waals surface area contributed by atoms with Crippen LogP contribution >= 0.6 is 35.2 Å². The third-order valence-corrected chi connectivity index (χ3v) is 5.43. The highest BCUT2D eigenvalue weighted by molar-refractivity contribution is 7.80. The summed E-state index contributed by atoms with van der Waals surface area (Å²) in [4.78, 5) is 25.4. The summed E-state index contributed by atoms with van der Waals surface area (Å²) in [6, 6.07) is 12.1. The summed E-state index contributed by atoms with van der Waals surface area (Å²) in [6.45, 7) is 0. The van der Waals surface area contributed by atoms with Crippen LogP contribution in [0.5, 0.6) is 11.5 Å². The van der Waals surface area contributed by atoms with E-state index in [4.69, 9.17) is 33.3 Å². The summed E-state index contributed by atoms with van der Waals surface area (Å²) in [5.74, 6) is -0.272. The number of carbonyl (C=O) groups is 2. The number of nitrogens with one attached hydrogen (secondary N) is 3. The van der Waals surface area contributed by atoms with Crippen LogP contribution in [-0.4, -0.2) is 31.1 Å². The zero-order chi connectivity index (χ0) is 21.0. The molecule has 0 atom stereocenters. The number of rotatable bonds is 4. The van der Waals surface area contributed by atoms with Crippen molar-refractivity contribution in [2.75, 3.05) is 14.2 Å². The van der Waals surface area contributed by atoms with Crippen LogP contribution in [0.1, 0.15) is 20.0 Å². The van der Waals surface area contributed by atoms with Crippen LogP contribution in [0.15, 0.2) is 42.5 Å². The van der Waals surface area contributed by atoms with Gasteiger partial charge in [-0.15, -0.1) is 11.3 Å². The number of benzene rings is 2. The van der Waals surface area contributed by atoms with Gasteiger partial charge in [-0.1, -0.05) is 17.7 Å². The Bertz CT molecular complexity index is 1080. The predicted molar refractivity (Wildman–Crippen MR) is 117 cm³/mol. The topological polar surface area (TPSA) is 88.7 Å². The molecule has 150 valence electrons. The number of hydrogen-bond donors (Lipinski definition) is 3. The molecule has 0 aliphatic carbocycles. The molecule has 0 saturated heterocycles. The monoisotopic (exact) mass is 449 g/mol. The first-order valence-electron chi connectivity index (χ1n) is 8.24. The zero-order valence-corrected chi connectivity index (χ0v) is 17.8. The highest BCUT2D eigenvalue weighted by Gasteiger charge is 2.19. The Hall–Kier alpha value is -2.88. The molecule has 2 amide bonds. The second kappa shape index (κ2) is 9.08. The first kappa shape index (κ1) is 20.8. The lowest BCUT2D eigenvalue weighted by atomic mass is 10.1. The van der Waals surface area contributed by atoms with Gasteiger partial charge in [-0.05, 0) is 54.0 Å². The molecule has 1 aromatic heterocycles. The molecule has 7 nitrogen and oxygen atoms in total. The van der Waals surface area contributed by atoms with E-state index < -0.39 is 11.8 Å². The van der Waals surface area contributed by atoms with Gasteiger partial charge in [-0.25, -0.2) is 0 Å². The Labute approximate surface area is 180 Å². The van der Waals surface area contributed by atoms with E-state index in [0.717, 1.165) is 10.1 Å². The van der Waals surface area contributed by atoms with Gasteiger partial charge in [0, 0.05) is 9.72 Å². The number of thiophene rings is 1. The molecule has 0 radical (unpaired) electrons. The standard InChI is InChI=1S/C19H16ClN3O4S2/c1-26-12-4-3-5-13(27-2)16(12)18(25)21-19(28)23-22-17(24)15-9-10-8-11(20)6-7-14(10)29-15/h3-9H,1-2H3,(H,22,24)(H2,21,23,25,28). The van der Waals surface area contributed by atoms with Gasteiger partial charge in [0.2, 0.25) is 0 Å². The van der Waals surface area contributed by atoms with Crippen LogP contribution in [0.25, 0.3) is 10.1 Å². The summed E-state index contributed by atoms with van der Waals surface area (Å²) in [5, 5.41) is 3.86. The van der Waals surface area contributed by atoms with E-state index in [9.17, 15) is 9.59 Å². The quantitative estimate of drug-likeness (QED) is 0.417. The minimum atomic E-state index is -0.539. The van der Waals surface area contributed by atoms with Crippen LogP contribution in [0.3, 0.4) is 0 Å². The Morgan fingerprint density at radius 2 is 1.69 bits per heavy atom. The van der Waals surface area contributed by atoms with Crippen molar-refractivity contribution in [2.24, 2.45) is 0 Å². The molecule has 0 aliphatic heterocycles. The molecule has 0 unspecified atom stereocenters. The Balaban J connectivity index is 1.63. The van der Waals surface area contributed by atoms with Gasteiger partial charge >= 0.3 is 0 Å². The van der Waals surface area contributed by atoms with Crippen molar-refractivity contribution in [1.29, 1.82) is 0 Å². The van der Waals surface area contributed by atoms with Crippen molar-refractivity contribution in [3.8, 4) is 11.5 Å². The molecule has 2 aromatic carbocycles. The lowest BCUT2D eigenvalue weighted by Gasteiger charge is -2.14. The largest absolute Gasteiger partial charge is 0.496 e. The lowest BCUT2D eigenvalue weighted by molar-refractivity contribution is 0.0936. The second-order valence-corrected chi connectivity index (χ2v) is 7.62. The van der Waals surface area contributed by atoms with Crippen molar-refractivity contribution >= 4 is 62.2 Å². The summed E-state index contributed by atoms with van der Waals surface area (Å²) < 4.78 is 11.3. The number of thiocarbonyl (C=S) groups is 1. The van der Waals surface area contributed by atoms with Gasteiger partial charge in [0.05, 0.1) is 19.1 Å². The van der Waals surface area contributed by atoms with E-state index in [1.165, 1.54) is 25.6 Å². The molecule has 29 heavy (non-hydrogen) atoms.